The van der Waals surface area contributed by atoms with E-state index in [0.29, 0.717) is 0 Å². The second-order valence-corrected chi connectivity index (χ2v) is 30.0. The summed E-state index contributed by atoms with van der Waals surface area (Å²) in [6.45, 7) is 4.17. The van der Waals surface area contributed by atoms with Crippen LogP contribution in [-0.2, 0) is 51.2 Å². The van der Waals surface area contributed by atoms with Crippen LogP contribution < -0.4 is 9.64 Å². The summed E-state index contributed by atoms with van der Waals surface area (Å²) in [6.07, 6.45) is 3.44. The number of fused-ring (bicyclic) bond motifs is 16. The predicted molar refractivity (Wildman–Crippen MR) is 471 cm³/mol. The standard InChI is InChI=1S/C38H21N2S.C35H23N4.C33H19N2O.3Cu/c1-2-10-24(11-3-1)34-21-20-31-28-13-6-8-16-35(28)40(38(31)39-34)25-18-19-27-26-12-4-5-15-30(26)37(32(27)22-25)33-23-41-36-17-9-7-14-29(33)36;1-23-20-24(2)37(22-23)26-16-17-29-27-12-6-9-15-32(27)39(33(29)21-26)34-19-18-30-28-13-7-8-14-31(28)38(35(30)36-34)25-10-4-3-5-11-25;1-3-11-23(12-4-1)26-16-9-15-25-21-32-30(22-27(25)26)35(29-18-7-8-19-31(29)36-32)33-20-10-17-28(34-33)24-13-5-2-6-14-24;;;/h1-10,12-21,37H;3-10,12-20H,1-2H3;1-11,13,15-21H;;;/q3*-3;;;. The summed E-state index contributed by atoms with van der Waals surface area (Å²) >= 11 is 1.70. The van der Waals surface area contributed by atoms with E-state index >= 15 is 0 Å². The fourth-order valence-electron chi connectivity index (χ4n) is 17.1. The van der Waals surface area contributed by atoms with Gasteiger partial charge in [-0.05, 0) is 76.8 Å². The van der Waals surface area contributed by atoms with Gasteiger partial charge in [-0.3, -0.25) is 21.3 Å². The van der Waals surface area contributed by atoms with Gasteiger partial charge in [0, 0.05) is 84.0 Å². The smallest absolute Gasteiger partial charge is 0.146 e. The molecule has 14 aromatic carbocycles. The van der Waals surface area contributed by atoms with Crippen LogP contribution in [0.5, 0.6) is 11.5 Å². The number of hydrogen-bond acceptors (Lipinski definition) is 6. The molecule has 8 aromatic heterocycles. The third-order valence-corrected chi connectivity index (χ3v) is 23.1. The molecule has 24 rings (SSSR count). The third kappa shape index (κ3) is 13.1. The van der Waals surface area contributed by atoms with Gasteiger partial charge in [0.15, 0.2) is 0 Å². The summed E-state index contributed by atoms with van der Waals surface area (Å²) in [4.78, 5) is 17.7. The average molecular weight is 1690 g/mol. The van der Waals surface area contributed by atoms with Crippen molar-refractivity contribution in [2.75, 3.05) is 4.90 Å². The van der Waals surface area contributed by atoms with E-state index in [1.54, 1.807) is 11.3 Å². The van der Waals surface area contributed by atoms with E-state index in [9.17, 15) is 0 Å². The first-order valence-electron chi connectivity index (χ1n) is 38.7. The minimum absolute atomic E-state index is 0. The molecule has 1 aliphatic carbocycles. The maximum absolute atomic E-state index is 6.38. The molecule has 581 valence electrons. The Morgan fingerprint density at radius 1 is 0.378 bits per heavy atom. The van der Waals surface area contributed by atoms with Crippen molar-refractivity contribution in [3.8, 4) is 79.1 Å². The number of para-hydroxylation sites is 6. The van der Waals surface area contributed by atoms with E-state index in [-0.39, 0.29) is 57.1 Å². The van der Waals surface area contributed by atoms with E-state index in [1.165, 1.54) is 54.1 Å². The Morgan fingerprint density at radius 3 is 1.68 bits per heavy atom. The number of pyridine rings is 3. The van der Waals surface area contributed by atoms with E-state index < -0.39 is 0 Å². The number of aryl methyl sites for hydroxylation is 2. The first-order chi connectivity index (χ1) is 57.4. The molecule has 119 heavy (non-hydrogen) atoms. The summed E-state index contributed by atoms with van der Waals surface area (Å²) in [7, 11) is 0. The fourth-order valence-corrected chi connectivity index (χ4v) is 18.0. The molecule has 0 spiro atoms. The van der Waals surface area contributed by atoms with Gasteiger partial charge in [-0.25, -0.2) is 4.98 Å². The van der Waals surface area contributed by atoms with E-state index in [1.807, 2.05) is 115 Å². The number of thiophene rings is 1. The van der Waals surface area contributed by atoms with Crippen LogP contribution in [0.2, 0.25) is 0 Å². The summed E-state index contributed by atoms with van der Waals surface area (Å²) in [5, 5.41) is 14.0. The number of rotatable bonds is 9. The van der Waals surface area contributed by atoms with Crippen LogP contribution >= 0.6 is 11.3 Å². The van der Waals surface area contributed by atoms with E-state index in [2.05, 4.69) is 316 Å². The molecule has 0 amide bonds. The van der Waals surface area contributed by atoms with Crippen molar-refractivity contribution in [3.63, 3.8) is 0 Å². The largest absolute Gasteiger partial charge is 0.497 e. The van der Waals surface area contributed by atoms with Crippen LogP contribution in [0.25, 0.3) is 154 Å². The van der Waals surface area contributed by atoms with Crippen LogP contribution in [0.1, 0.15) is 33.9 Å². The molecule has 0 N–H and O–H groups in total. The van der Waals surface area contributed by atoms with Gasteiger partial charge >= 0.3 is 0 Å². The maximum Gasteiger partial charge on any atom is 0.146 e. The molecule has 13 heteroatoms. The quantitative estimate of drug-likeness (QED) is 0.106. The Balaban J connectivity index is 0.000000117. The second-order valence-electron chi connectivity index (χ2n) is 29.1. The average Bonchev–Trinajstić information content (AvgIpc) is 1.34. The van der Waals surface area contributed by atoms with Gasteiger partial charge in [0.1, 0.15) is 28.7 Å². The first-order valence-corrected chi connectivity index (χ1v) is 39.5. The molecule has 1 unspecified atom stereocenters. The van der Waals surface area contributed by atoms with Crippen LogP contribution in [-0.4, -0.2) is 33.2 Å². The first kappa shape index (κ1) is 75.6. The number of anilines is 3. The summed E-state index contributed by atoms with van der Waals surface area (Å²) in [5.41, 5.74) is 25.2. The van der Waals surface area contributed by atoms with Gasteiger partial charge in [-0.1, -0.05) is 194 Å². The zero-order valence-corrected chi connectivity index (χ0v) is 67.3. The summed E-state index contributed by atoms with van der Waals surface area (Å²) < 4.78 is 16.4. The molecule has 22 aromatic rings. The number of aromatic nitrogens is 7. The van der Waals surface area contributed by atoms with Crippen molar-refractivity contribution in [3.05, 3.63) is 422 Å². The molecule has 0 saturated carbocycles. The molecule has 1 aliphatic heterocycles. The minimum atomic E-state index is 0. The molecule has 0 bridgehead atoms. The Kier molecular flexibility index (Phi) is 20.1. The third-order valence-electron chi connectivity index (χ3n) is 22.2. The van der Waals surface area contributed by atoms with Crippen LogP contribution in [0.15, 0.2) is 340 Å². The van der Waals surface area contributed by atoms with Crippen molar-refractivity contribution in [2.45, 2.75) is 19.8 Å². The normalized spacial score (nSPS) is 12.4. The Bertz CT molecular complexity index is 7620. The summed E-state index contributed by atoms with van der Waals surface area (Å²) in [6, 6.07) is 142. The number of hydrogen-bond donors (Lipinski definition) is 0. The van der Waals surface area contributed by atoms with Crippen molar-refractivity contribution < 1.29 is 55.9 Å². The molecule has 0 saturated heterocycles. The van der Waals surface area contributed by atoms with Crippen LogP contribution in [0.4, 0.5) is 17.2 Å². The molecule has 0 fully saturated rings. The molecule has 2 aliphatic rings. The van der Waals surface area contributed by atoms with E-state index in [4.69, 9.17) is 19.7 Å². The molecular formula is C106H63Cu3N8OS-9. The molecule has 3 radical (unpaired) electrons. The predicted octanol–water partition coefficient (Wildman–Crippen LogP) is 26.2. The second kappa shape index (κ2) is 31.6. The Morgan fingerprint density at radius 2 is 0.966 bits per heavy atom. The fraction of sp³-hybridized carbons (Fsp3) is 0.0283. The monoisotopic (exact) mass is 1680 g/mol. The minimum Gasteiger partial charge on any atom is -0.497 e. The number of nitrogens with zero attached hydrogens (tertiary/aromatic N) is 8. The Labute approximate surface area is 723 Å². The maximum atomic E-state index is 6.38. The topological polar surface area (TPSA) is 70.9 Å². The zero-order chi connectivity index (χ0) is 76.9. The van der Waals surface area contributed by atoms with Gasteiger partial charge in [0.2, 0.25) is 0 Å². The molecule has 9 nitrogen and oxygen atoms in total. The number of ether oxygens (including phenoxy) is 1. The van der Waals surface area contributed by atoms with Gasteiger partial charge in [0.05, 0.1) is 22.5 Å². The van der Waals surface area contributed by atoms with Crippen molar-refractivity contribution >= 4 is 115 Å². The SMILES string of the molecule is Cc1[c-]n(-c2[c-]c3c(cc2)c2ccccc2n3-c2ccc3c4ccccc4n(-c4[c-]cccc4)c3n2)c(C)c1.[Cu].[Cu].[Cu].[c-]1ccccc1-c1ccc2c3ccccc3n(-c3[c-]c4c(cc3)-c3ccccc3C4c3[c-]sc4ccccc34)c2n1.[c-]1ccccc1-c1cccc(N2c3[c-]c4c(-c5[c-]cccc5)cccc4cc3Oc3ccccc32)n1. The van der Waals surface area contributed by atoms with Gasteiger partial charge in [0.25, 0.3) is 0 Å². The van der Waals surface area contributed by atoms with Crippen molar-refractivity contribution in [1.82, 2.24) is 33.2 Å². The van der Waals surface area contributed by atoms with Crippen LogP contribution in [0, 0.1) is 67.9 Å². The zero-order valence-electron chi connectivity index (χ0n) is 63.7. The van der Waals surface area contributed by atoms with Crippen molar-refractivity contribution in [1.29, 1.82) is 0 Å². The summed E-state index contributed by atoms with van der Waals surface area (Å²) in [5.74, 6) is 3.25. The molecule has 9 heterocycles. The van der Waals surface area contributed by atoms with E-state index in [0.717, 1.165) is 157 Å². The molecular weight excluding hydrogens is 1620 g/mol. The van der Waals surface area contributed by atoms with Gasteiger partial charge in [-0.15, -0.1) is 198 Å². The van der Waals surface area contributed by atoms with Crippen LogP contribution in [0.3, 0.4) is 0 Å². The number of benzene rings is 14. The molecule has 1 atom stereocenters. The van der Waals surface area contributed by atoms with Gasteiger partial charge < -0.3 is 27.9 Å². The Hall–Kier alpha value is -13.4. The van der Waals surface area contributed by atoms with Crippen molar-refractivity contribution in [2.24, 2.45) is 0 Å². The van der Waals surface area contributed by atoms with Gasteiger partial charge in [-0.2, -0.15) is 71.7 Å².